The molecule has 1 aromatic carbocycles. The smallest absolute Gasteiger partial charge is 0.238 e. The highest BCUT2D eigenvalue weighted by molar-refractivity contribution is 9.10. The zero-order valence-corrected chi connectivity index (χ0v) is 13.7. The third-order valence-electron chi connectivity index (χ3n) is 2.93. The van der Waals surface area contributed by atoms with Gasteiger partial charge in [-0.25, -0.2) is 4.98 Å². The molecule has 106 valence electrons. The average Bonchev–Trinajstić information content (AvgIpc) is 2.41. The molecule has 0 unspecified atom stereocenters. The van der Waals surface area contributed by atoms with Crippen LogP contribution in [0.3, 0.4) is 0 Å². The molecule has 0 aliphatic rings. The van der Waals surface area contributed by atoms with E-state index in [4.69, 9.17) is 4.74 Å². The maximum absolute atomic E-state index is 5.99. The van der Waals surface area contributed by atoms with E-state index in [9.17, 15) is 0 Å². The van der Waals surface area contributed by atoms with Crippen molar-refractivity contribution < 1.29 is 4.74 Å². The predicted molar refractivity (Wildman–Crippen MR) is 84.6 cm³/mol. The molecule has 5 heteroatoms. The zero-order valence-electron chi connectivity index (χ0n) is 12.1. The van der Waals surface area contributed by atoms with E-state index in [1.54, 1.807) is 13.2 Å². The van der Waals surface area contributed by atoms with Crippen molar-refractivity contribution in [3.05, 3.63) is 40.0 Å². The van der Waals surface area contributed by atoms with Gasteiger partial charge in [0.1, 0.15) is 5.75 Å². The first kappa shape index (κ1) is 14.8. The fourth-order valence-electron chi connectivity index (χ4n) is 1.85. The molecule has 1 N–H and O–H groups in total. The predicted octanol–water partition coefficient (Wildman–Crippen LogP) is 4.50. The highest BCUT2D eigenvalue weighted by Gasteiger charge is 2.12. The molecule has 4 nitrogen and oxygen atoms in total. The number of aryl methyl sites for hydroxylation is 1. The van der Waals surface area contributed by atoms with Crippen molar-refractivity contribution in [3.63, 3.8) is 0 Å². The Morgan fingerprint density at radius 3 is 2.70 bits per heavy atom. The first-order chi connectivity index (χ1) is 9.51. The summed E-state index contributed by atoms with van der Waals surface area (Å²) in [5, 5.41) is 2.91. The second-order valence-corrected chi connectivity index (χ2v) is 5.75. The molecule has 1 heterocycles. The Morgan fingerprint density at radius 1 is 1.30 bits per heavy atom. The summed E-state index contributed by atoms with van der Waals surface area (Å²) < 4.78 is 6.72. The molecule has 1 aromatic heterocycles. The molecule has 0 amide bonds. The molecule has 0 aliphatic carbocycles. The number of ether oxygens (including phenoxy) is 1. The zero-order chi connectivity index (χ0) is 14.7. The molecule has 0 bridgehead atoms. The van der Waals surface area contributed by atoms with Crippen molar-refractivity contribution in [2.75, 3.05) is 12.4 Å². The van der Waals surface area contributed by atoms with Crippen LogP contribution in [0.1, 0.15) is 30.9 Å². The number of nitrogens with zero attached hydrogens (tertiary/aromatic N) is 2. The highest BCUT2D eigenvalue weighted by atomic mass is 79.9. The van der Waals surface area contributed by atoms with E-state index in [1.807, 2.05) is 13.0 Å². The fourth-order valence-corrected chi connectivity index (χ4v) is 2.13. The SMILES string of the molecule is CNc1ncc(Br)c(Oc2cc(C)ccc2C(C)C)n1. The van der Waals surface area contributed by atoms with Gasteiger partial charge in [-0.05, 0) is 46.0 Å². The third kappa shape index (κ3) is 3.28. The monoisotopic (exact) mass is 335 g/mol. The number of anilines is 1. The van der Waals surface area contributed by atoms with Gasteiger partial charge in [-0.1, -0.05) is 26.0 Å². The topological polar surface area (TPSA) is 47.0 Å². The maximum atomic E-state index is 5.99. The molecule has 0 saturated carbocycles. The van der Waals surface area contributed by atoms with Crippen LogP contribution in [0.25, 0.3) is 0 Å². The van der Waals surface area contributed by atoms with Crippen molar-refractivity contribution in [2.24, 2.45) is 0 Å². The molecule has 0 spiro atoms. The molecule has 0 saturated heterocycles. The summed E-state index contributed by atoms with van der Waals surface area (Å²) in [6.07, 6.45) is 1.68. The molecule has 0 aliphatic heterocycles. The van der Waals surface area contributed by atoms with E-state index < -0.39 is 0 Å². The van der Waals surface area contributed by atoms with E-state index in [-0.39, 0.29) is 0 Å². The number of aromatic nitrogens is 2. The summed E-state index contributed by atoms with van der Waals surface area (Å²) in [6, 6.07) is 6.22. The summed E-state index contributed by atoms with van der Waals surface area (Å²) in [4.78, 5) is 8.45. The molecule has 0 atom stereocenters. The molecular weight excluding hydrogens is 318 g/mol. The van der Waals surface area contributed by atoms with Crippen molar-refractivity contribution in [2.45, 2.75) is 26.7 Å². The maximum Gasteiger partial charge on any atom is 0.238 e. The summed E-state index contributed by atoms with van der Waals surface area (Å²) in [7, 11) is 1.78. The fraction of sp³-hybridized carbons (Fsp3) is 0.333. The summed E-state index contributed by atoms with van der Waals surface area (Å²) in [6.45, 7) is 6.34. The Balaban J connectivity index is 2.41. The van der Waals surface area contributed by atoms with Crippen LogP contribution in [-0.2, 0) is 0 Å². The standard InChI is InChI=1S/C15H18BrN3O/c1-9(2)11-6-5-10(3)7-13(11)20-14-12(16)8-18-15(17-4)19-14/h5-9H,1-4H3,(H,17,18,19). The van der Waals surface area contributed by atoms with Gasteiger partial charge in [0.25, 0.3) is 0 Å². The van der Waals surface area contributed by atoms with E-state index in [0.29, 0.717) is 17.7 Å². The van der Waals surface area contributed by atoms with Crippen molar-refractivity contribution in [3.8, 4) is 11.6 Å². The first-order valence-corrected chi connectivity index (χ1v) is 7.29. The van der Waals surface area contributed by atoms with Crippen molar-refractivity contribution in [1.29, 1.82) is 0 Å². The van der Waals surface area contributed by atoms with Gasteiger partial charge in [0, 0.05) is 7.05 Å². The number of halogens is 1. The van der Waals surface area contributed by atoms with Crippen LogP contribution in [0.4, 0.5) is 5.95 Å². The quantitative estimate of drug-likeness (QED) is 0.893. The van der Waals surface area contributed by atoms with Gasteiger partial charge >= 0.3 is 0 Å². The number of hydrogen-bond acceptors (Lipinski definition) is 4. The van der Waals surface area contributed by atoms with Gasteiger partial charge in [0.2, 0.25) is 11.8 Å². The molecule has 2 aromatic rings. The van der Waals surface area contributed by atoms with Crippen LogP contribution < -0.4 is 10.1 Å². The van der Waals surface area contributed by atoms with Crippen molar-refractivity contribution in [1.82, 2.24) is 9.97 Å². The van der Waals surface area contributed by atoms with Crippen LogP contribution in [-0.4, -0.2) is 17.0 Å². The Kier molecular flexibility index (Phi) is 4.60. The van der Waals surface area contributed by atoms with Gasteiger partial charge in [-0.2, -0.15) is 4.98 Å². The largest absolute Gasteiger partial charge is 0.437 e. The number of nitrogens with one attached hydrogen (secondary N) is 1. The molecule has 0 radical (unpaired) electrons. The van der Waals surface area contributed by atoms with E-state index in [0.717, 1.165) is 21.3 Å². The first-order valence-electron chi connectivity index (χ1n) is 6.50. The molecule has 2 rings (SSSR count). The summed E-state index contributed by atoms with van der Waals surface area (Å²) in [5.41, 5.74) is 2.32. The lowest BCUT2D eigenvalue weighted by atomic mass is 10.0. The second kappa shape index (κ2) is 6.22. The molecule has 0 fully saturated rings. The molecular formula is C15H18BrN3O. The van der Waals surface area contributed by atoms with E-state index in [2.05, 4.69) is 57.2 Å². The lowest BCUT2D eigenvalue weighted by Gasteiger charge is -2.15. The van der Waals surface area contributed by atoms with Crippen LogP contribution in [0.5, 0.6) is 11.6 Å². The third-order valence-corrected chi connectivity index (χ3v) is 3.48. The summed E-state index contributed by atoms with van der Waals surface area (Å²) >= 11 is 3.42. The minimum atomic E-state index is 0.384. The Labute approximate surface area is 127 Å². The Morgan fingerprint density at radius 2 is 2.05 bits per heavy atom. The Bertz CT molecular complexity index is 614. The summed E-state index contributed by atoms with van der Waals surface area (Å²) in [5.74, 6) is 2.26. The van der Waals surface area contributed by atoms with Crippen LogP contribution in [0, 0.1) is 6.92 Å². The lowest BCUT2D eigenvalue weighted by molar-refractivity contribution is 0.450. The minimum Gasteiger partial charge on any atom is -0.437 e. The highest BCUT2D eigenvalue weighted by Crippen LogP contribution is 2.33. The number of benzene rings is 1. The van der Waals surface area contributed by atoms with E-state index in [1.165, 1.54) is 0 Å². The van der Waals surface area contributed by atoms with Gasteiger partial charge < -0.3 is 10.1 Å². The van der Waals surface area contributed by atoms with Crippen LogP contribution in [0.15, 0.2) is 28.9 Å². The normalized spacial score (nSPS) is 10.7. The second-order valence-electron chi connectivity index (χ2n) is 4.89. The minimum absolute atomic E-state index is 0.384. The van der Waals surface area contributed by atoms with Gasteiger partial charge in [-0.3, -0.25) is 0 Å². The lowest BCUT2D eigenvalue weighted by Crippen LogP contribution is -2.00. The molecule has 20 heavy (non-hydrogen) atoms. The average molecular weight is 336 g/mol. The van der Waals surface area contributed by atoms with Gasteiger partial charge in [0.05, 0.1) is 10.7 Å². The van der Waals surface area contributed by atoms with Crippen LogP contribution in [0.2, 0.25) is 0 Å². The van der Waals surface area contributed by atoms with Gasteiger partial charge in [0.15, 0.2) is 0 Å². The van der Waals surface area contributed by atoms with E-state index >= 15 is 0 Å². The van der Waals surface area contributed by atoms with Gasteiger partial charge in [-0.15, -0.1) is 0 Å². The van der Waals surface area contributed by atoms with Crippen molar-refractivity contribution >= 4 is 21.9 Å². The Hall–Kier alpha value is -1.62. The number of rotatable bonds is 4. The van der Waals surface area contributed by atoms with Crippen LogP contribution >= 0.6 is 15.9 Å². The number of hydrogen-bond donors (Lipinski definition) is 1.